The Hall–Kier alpha value is -2.24. The molecule has 1 aromatic carbocycles. The van der Waals surface area contributed by atoms with Crippen LogP contribution in [0.2, 0.25) is 5.02 Å². The zero-order chi connectivity index (χ0) is 16.2. The average Bonchev–Trinajstić information content (AvgIpc) is 3.00. The maximum atomic E-state index is 13.3. The third-order valence-electron chi connectivity index (χ3n) is 3.36. The molecule has 118 valence electrons. The lowest BCUT2D eigenvalue weighted by atomic mass is 10.2. The van der Waals surface area contributed by atoms with Crippen molar-refractivity contribution in [3.05, 3.63) is 70.8 Å². The van der Waals surface area contributed by atoms with Gasteiger partial charge in [-0.2, -0.15) is 0 Å². The largest absolute Gasteiger partial charge is 0.359 e. The van der Waals surface area contributed by atoms with Crippen LogP contribution in [0.4, 0.5) is 4.39 Å². The Morgan fingerprint density at radius 2 is 2.00 bits per heavy atom. The van der Waals surface area contributed by atoms with E-state index in [1.807, 2.05) is 36.2 Å². The summed E-state index contributed by atoms with van der Waals surface area (Å²) in [5.41, 5.74) is 2.19. The van der Waals surface area contributed by atoms with Crippen LogP contribution in [0.5, 0.6) is 0 Å². The zero-order valence-electron chi connectivity index (χ0n) is 12.5. The molecule has 4 nitrogen and oxygen atoms in total. The molecule has 2 aromatic heterocycles. The molecule has 2 heterocycles. The van der Waals surface area contributed by atoms with E-state index in [1.54, 1.807) is 12.3 Å². The van der Waals surface area contributed by atoms with E-state index in [9.17, 15) is 4.39 Å². The number of benzene rings is 1. The number of aromatic nitrogens is 2. The third kappa shape index (κ3) is 3.94. The maximum absolute atomic E-state index is 13.3. The fourth-order valence-electron chi connectivity index (χ4n) is 2.30. The fraction of sp³-hybridized carbons (Fsp3) is 0.176. The molecule has 23 heavy (non-hydrogen) atoms. The van der Waals surface area contributed by atoms with Gasteiger partial charge in [-0.15, -0.1) is 0 Å². The molecule has 0 aliphatic heterocycles. The molecule has 0 radical (unpaired) electrons. The minimum Gasteiger partial charge on any atom is -0.359 e. The van der Waals surface area contributed by atoms with Crippen LogP contribution in [-0.2, 0) is 13.1 Å². The van der Waals surface area contributed by atoms with Crippen molar-refractivity contribution in [2.75, 3.05) is 7.05 Å². The molecule has 3 rings (SSSR count). The van der Waals surface area contributed by atoms with Crippen molar-refractivity contribution in [2.24, 2.45) is 0 Å². The molecule has 0 unspecified atom stereocenters. The lowest BCUT2D eigenvalue weighted by Gasteiger charge is -2.15. The second-order valence-corrected chi connectivity index (χ2v) is 5.71. The van der Waals surface area contributed by atoms with E-state index in [0.717, 1.165) is 11.3 Å². The third-order valence-corrected chi connectivity index (χ3v) is 3.73. The summed E-state index contributed by atoms with van der Waals surface area (Å²) in [6, 6.07) is 11.8. The van der Waals surface area contributed by atoms with Crippen LogP contribution in [0.1, 0.15) is 11.3 Å². The van der Waals surface area contributed by atoms with Gasteiger partial charge in [0, 0.05) is 23.8 Å². The molecular formula is C17H15ClFN3O. The van der Waals surface area contributed by atoms with E-state index < -0.39 is 0 Å². The molecule has 6 heteroatoms. The van der Waals surface area contributed by atoms with Gasteiger partial charge in [-0.1, -0.05) is 22.8 Å². The summed E-state index contributed by atoms with van der Waals surface area (Å²) in [6.45, 7) is 1.04. The first-order valence-electron chi connectivity index (χ1n) is 7.11. The molecule has 0 saturated heterocycles. The van der Waals surface area contributed by atoms with Gasteiger partial charge >= 0.3 is 0 Å². The molecule has 0 aliphatic carbocycles. The van der Waals surface area contributed by atoms with Crippen LogP contribution in [0.3, 0.4) is 0 Å². The monoisotopic (exact) mass is 331 g/mol. The first-order valence-corrected chi connectivity index (χ1v) is 7.49. The molecule has 0 saturated carbocycles. The summed E-state index contributed by atoms with van der Waals surface area (Å²) in [5, 5.41) is 4.57. The molecule has 0 bridgehead atoms. The lowest BCUT2D eigenvalue weighted by molar-refractivity contribution is 0.267. The molecule has 3 aromatic rings. The Labute approximate surface area is 138 Å². The SMILES string of the molecule is CN(Cc1cc(-c2ccccn2)no1)Cc1cc(F)ccc1Cl. The second kappa shape index (κ2) is 6.89. The van der Waals surface area contributed by atoms with Gasteiger partial charge in [0.1, 0.15) is 11.5 Å². The highest BCUT2D eigenvalue weighted by atomic mass is 35.5. The normalized spacial score (nSPS) is 11.1. The van der Waals surface area contributed by atoms with Gasteiger partial charge in [0.15, 0.2) is 5.76 Å². The summed E-state index contributed by atoms with van der Waals surface area (Å²) in [6.07, 6.45) is 1.71. The number of hydrogen-bond acceptors (Lipinski definition) is 4. The quantitative estimate of drug-likeness (QED) is 0.704. The van der Waals surface area contributed by atoms with Gasteiger partial charge in [-0.05, 0) is 42.9 Å². The highest BCUT2D eigenvalue weighted by molar-refractivity contribution is 6.31. The van der Waals surface area contributed by atoms with Gasteiger partial charge < -0.3 is 4.52 Å². The number of nitrogens with zero attached hydrogens (tertiary/aromatic N) is 3. The second-order valence-electron chi connectivity index (χ2n) is 5.30. The first-order chi connectivity index (χ1) is 11.1. The van der Waals surface area contributed by atoms with Crippen molar-refractivity contribution in [3.8, 4) is 11.4 Å². The van der Waals surface area contributed by atoms with Crippen LogP contribution < -0.4 is 0 Å². The minimum atomic E-state index is -0.296. The Morgan fingerprint density at radius 3 is 2.78 bits per heavy atom. The van der Waals surface area contributed by atoms with Crippen LogP contribution in [0, 0.1) is 5.82 Å². The molecule has 0 spiro atoms. The Morgan fingerprint density at radius 1 is 1.13 bits per heavy atom. The predicted molar refractivity (Wildman–Crippen MR) is 86.3 cm³/mol. The summed E-state index contributed by atoms with van der Waals surface area (Å²) >= 11 is 6.09. The summed E-state index contributed by atoms with van der Waals surface area (Å²) < 4.78 is 18.6. The zero-order valence-corrected chi connectivity index (χ0v) is 13.3. The minimum absolute atomic E-state index is 0.296. The fourth-order valence-corrected chi connectivity index (χ4v) is 2.48. The molecule has 0 fully saturated rings. The van der Waals surface area contributed by atoms with Gasteiger partial charge in [0.25, 0.3) is 0 Å². The Bertz CT molecular complexity index is 792. The molecule has 0 atom stereocenters. The van der Waals surface area contributed by atoms with E-state index in [2.05, 4.69) is 10.1 Å². The Kier molecular flexibility index (Phi) is 4.69. The standard InChI is InChI=1S/C17H15ClFN3O/c1-22(10-12-8-13(19)5-6-15(12)18)11-14-9-17(21-23-14)16-4-2-3-7-20-16/h2-9H,10-11H2,1H3. The molecule has 0 amide bonds. The van der Waals surface area contributed by atoms with Crippen LogP contribution in [-0.4, -0.2) is 22.1 Å². The molecule has 0 aliphatic rings. The summed E-state index contributed by atoms with van der Waals surface area (Å²) in [5.74, 6) is 0.413. The average molecular weight is 332 g/mol. The number of hydrogen-bond donors (Lipinski definition) is 0. The van der Waals surface area contributed by atoms with Gasteiger partial charge in [-0.25, -0.2) is 4.39 Å². The van der Waals surface area contributed by atoms with E-state index in [0.29, 0.717) is 29.6 Å². The highest BCUT2D eigenvalue weighted by Gasteiger charge is 2.11. The van der Waals surface area contributed by atoms with E-state index >= 15 is 0 Å². The van der Waals surface area contributed by atoms with E-state index in [-0.39, 0.29) is 5.82 Å². The molecular weight excluding hydrogens is 317 g/mol. The van der Waals surface area contributed by atoms with Crippen molar-refractivity contribution in [3.63, 3.8) is 0 Å². The number of rotatable bonds is 5. The first kappa shape index (κ1) is 15.6. The topological polar surface area (TPSA) is 42.2 Å². The van der Waals surface area contributed by atoms with Crippen molar-refractivity contribution in [2.45, 2.75) is 13.1 Å². The van der Waals surface area contributed by atoms with Crippen LogP contribution >= 0.6 is 11.6 Å². The van der Waals surface area contributed by atoms with Crippen molar-refractivity contribution >= 4 is 11.6 Å². The number of halogens is 2. The Balaban J connectivity index is 1.68. The van der Waals surface area contributed by atoms with Crippen molar-refractivity contribution < 1.29 is 8.91 Å². The summed E-state index contributed by atoms with van der Waals surface area (Å²) in [4.78, 5) is 6.21. The van der Waals surface area contributed by atoms with Crippen molar-refractivity contribution in [1.82, 2.24) is 15.0 Å². The van der Waals surface area contributed by atoms with Crippen LogP contribution in [0.15, 0.2) is 53.2 Å². The predicted octanol–water partition coefficient (Wildman–Crippen LogP) is 4.16. The summed E-state index contributed by atoms with van der Waals surface area (Å²) in [7, 11) is 1.91. The van der Waals surface area contributed by atoms with E-state index in [1.165, 1.54) is 12.1 Å². The van der Waals surface area contributed by atoms with Gasteiger partial charge in [0.2, 0.25) is 0 Å². The van der Waals surface area contributed by atoms with Crippen molar-refractivity contribution in [1.29, 1.82) is 0 Å². The molecule has 0 N–H and O–H groups in total. The van der Waals surface area contributed by atoms with Gasteiger partial charge in [0.05, 0.1) is 12.2 Å². The highest BCUT2D eigenvalue weighted by Crippen LogP contribution is 2.21. The smallest absolute Gasteiger partial charge is 0.151 e. The maximum Gasteiger partial charge on any atom is 0.151 e. The number of pyridine rings is 1. The van der Waals surface area contributed by atoms with Crippen LogP contribution in [0.25, 0.3) is 11.4 Å². The van der Waals surface area contributed by atoms with E-state index in [4.69, 9.17) is 16.1 Å². The lowest BCUT2D eigenvalue weighted by Crippen LogP contribution is -2.17. The van der Waals surface area contributed by atoms with Gasteiger partial charge in [-0.3, -0.25) is 9.88 Å².